The first-order chi connectivity index (χ1) is 11.9. The molecule has 6 heteroatoms. The molecular formula is C19H21NO4S. The van der Waals surface area contributed by atoms with E-state index in [-0.39, 0.29) is 22.9 Å². The van der Waals surface area contributed by atoms with E-state index < -0.39 is 12.2 Å². The van der Waals surface area contributed by atoms with E-state index in [1.807, 2.05) is 6.07 Å². The third-order valence-corrected chi connectivity index (χ3v) is 4.63. The summed E-state index contributed by atoms with van der Waals surface area (Å²) in [6.07, 6.45) is -1.93. The zero-order valence-corrected chi connectivity index (χ0v) is 14.7. The lowest BCUT2D eigenvalue weighted by molar-refractivity contribution is -0.109. The molecule has 2 atom stereocenters. The summed E-state index contributed by atoms with van der Waals surface area (Å²) in [5, 5.41) is 20.4. The van der Waals surface area contributed by atoms with Crippen LogP contribution in [0.25, 0.3) is 0 Å². The lowest BCUT2D eigenvalue weighted by Crippen LogP contribution is -2.20. The Kier molecular flexibility index (Phi) is 6.75. The van der Waals surface area contributed by atoms with Crippen molar-refractivity contribution in [3.05, 3.63) is 65.2 Å². The van der Waals surface area contributed by atoms with Gasteiger partial charge in [0.25, 0.3) is 0 Å². The van der Waals surface area contributed by atoms with Gasteiger partial charge in [-0.1, -0.05) is 48.2 Å². The molecule has 4 N–H and O–H groups in total. The Bertz CT molecular complexity index is 748. The summed E-state index contributed by atoms with van der Waals surface area (Å²) < 4.78 is 0. The van der Waals surface area contributed by atoms with Crippen LogP contribution < -0.4 is 5.73 Å². The molecule has 2 unspecified atom stereocenters. The molecule has 0 aliphatic carbocycles. The van der Waals surface area contributed by atoms with Crippen LogP contribution >= 0.6 is 11.8 Å². The van der Waals surface area contributed by atoms with E-state index in [0.717, 1.165) is 11.8 Å². The van der Waals surface area contributed by atoms with E-state index in [2.05, 4.69) is 0 Å². The SMILES string of the molecule is CC(=O)SCCC(O)C(O)c1ccc(N)c(C(=O)c2ccccc2)c1. The van der Waals surface area contributed by atoms with Gasteiger partial charge in [-0.2, -0.15) is 0 Å². The van der Waals surface area contributed by atoms with Gasteiger partial charge in [-0.15, -0.1) is 0 Å². The zero-order valence-electron chi connectivity index (χ0n) is 13.9. The summed E-state index contributed by atoms with van der Waals surface area (Å²) >= 11 is 1.10. The highest BCUT2D eigenvalue weighted by molar-refractivity contribution is 8.13. The van der Waals surface area contributed by atoms with Gasteiger partial charge in [0.1, 0.15) is 6.10 Å². The maximum atomic E-state index is 12.6. The number of anilines is 1. The smallest absolute Gasteiger partial charge is 0.195 e. The Labute approximate surface area is 150 Å². The number of aliphatic hydroxyl groups excluding tert-OH is 2. The predicted molar refractivity (Wildman–Crippen MR) is 99.5 cm³/mol. The monoisotopic (exact) mass is 359 g/mol. The summed E-state index contributed by atoms with van der Waals surface area (Å²) in [5.41, 5.74) is 7.42. The van der Waals surface area contributed by atoms with Crippen molar-refractivity contribution in [1.82, 2.24) is 0 Å². The number of rotatable bonds is 7. The molecule has 0 aliphatic heterocycles. The first-order valence-electron chi connectivity index (χ1n) is 7.89. The topological polar surface area (TPSA) is 101 Å². The number of benzene rings is 2. The first-order valence-corrected chi connectivity index (χ1v) is 8.87. The van der Waals surface area contributed by atoms with Crippen LogP contribution in [0, 0.1) is 0 Å². The van der Waals surface area contributed by atoms with Gasteiger partial charge < -0.3 is 15.9 Å². The number of carbonyl (C=O) groups excluding carboxylic acids is 2. The Hall–Kier alpha value is -2.15. The number of carbonyl (C=O) groups is 2. The molecule has 0 fully saturated rings. The van der Waals surface area contributed by atoms with E-state index in [0.29, 0.717) is 22.6 Å². The molecule has 2 rings (SSSR count). The van der Waals surface area contributed by atoms with Crippen LogP contribution in [0.15, 0.2) is 48.5 Å². The van der Waals surface area contributed by atoms with Crippen LogP contribution in [0.1, 0.15) is 40.9 Å². The Morgan fingerprint density at radius 1 is 1.12 bits per heavy atom. The van der Waals surface area contributed by atoms with E-state index in [9.17, 15) is 19.8 Å². The average molecular weight is 359 g/mol. The van der Waals surface area contributed by atoms with Crippen LogP contribution in [-0.2, 0) is 4.79 Å². The predicted octanol–water partition coefficient (Wildman–Crippen LogP) is 2.56. The molecule has 0 saturated carbocycles. The molecule has 0 amide bonds. The minimum absolute atomic E-state index is 0.0371. The molecule has 25 heavy (non-hydrogen) atoms. The maximum Gasteiger partial charge on any atom is 0.195 e. The van der Waals surface area contributed by atoms with Crippen molar-refractivity contribution in [2.75, 3.05) is 11.5 Å². The molecule has 5 nitrogen and oxygen atoms in total. The van der Waals surface area contributed by atoms with Crippen molar-refractivity contribution in [1.29, 1.82) is 0 Å². The molecule has 2 aromatic carbocycles. The van der Waals surface area contributed by atoms with Crippen molar-refractivity contribution < 1.29 is 19.8 Å². The van der Waals surface area contributed by atoms with E-state index >= 15 is 0 Å². The third kappa shape index (κ3) is 5.16. The summed E-state index contributed by atoms with van der Waals surface area (Å²) in [6.45, 7) is 1.45. The van der Waals surface area contributed by atoms with Crippen LogP contribution in [0.5, 0.6) is 0 Å². The molecule has 0 saturated heterocycles. The number of nitrogens with two attached hydrogens (primary N) is 1. The van der Waals surface area contributed by atoms with Crippen LogP contribution in [0.3, 0.4) is 0 Å². The quantitative estimate of drug-likeness (QED) is 0.519. The van der Waals surface area contributed by atoms with E-state index in [4.69, 9.17) is 5.73 Å². The number of thioether (sulfide) groups is 1. The molecular weight excluding hydrogens is 338 g/mol. The standard InChI is InChI=1S/C19H21NO4S/c1-12(21)25-10-9-17(22)19(24)14-7-8-16(20)15(11-14)18(23)13-5-3-2-4-6-13/h2-8,11,17,19,22,24H,9-10,20H2,1H3. The van der Waals surface area contributed by atoms with Crippen LogP contribution in [0.2, 0.25) is 0 Å². The van der Waals surface area contributed by atoms with Gasteiger partial charge in [-0.3, -0.25) is 9.59 Å². The number of ketones is 1. The molecule has 0 heterocycles. The fraction of sp³-hybridized carbons (Fsp3) is 0.263. The van der Waals surface area contributed by atoms with Gasteiger partial charge in [-0.05, 0) is 24.1 Å². The van der Waals surface area contributed by atoms with Crippen molar-refractivity contribution in [3.8, 4) is 0 Å². The zero-order chi connectivity index (χ0) is 18.4. The normalized spacial score (nSPS) is 13.2. The van der Waals surface area contributed by atoms with Gasteiger partial charge in [0.15, 0.2) is 10.9 Å². The highest BCUT2D eigenvalue weighted by Gasteiger charge is 2.21. The lowest BCUT2D eigenvalue weighted by Gasteiger charge is -2.19. The second-order valence-corrected chi connectivity index (χ2v) is 6.95. The average Bonchev–Trinajstić information content (AvgIpc) is 2.61. The summed E-state index contributed by atoms with van der Waals surface area (Å²) in [7, 11) is 0. The van der Waals surface area contributed by atoms with Crippen molar-refractivity contribution in [3.63, 3.8) is 0 Å². The fourth-order valence-electron chi connectivity index (χ4n) is 2.40. The number of hydrogen-bond donors (Lipinski definition) is 3. The second kappa shape index (κ2) is 8.80. The minimum Gasteiger partial charge on any atom is -0.398 e. The summed E-state index contributed by atoms with van der Waals surface area (Å²) in [4.78, 5) is 23.5. The third-order valence-electron chi connectivity index (χ3n) is 3.78. The fourth-order valence-corrected chi connectivity index (χ4v) is 3.05. The van der Waals surface area contributed by atoms with Gasteiger partial charge in [-0.25, -0.2) is 0 Å². The molecule has 0 aliphatic rings. The van der Waals surface area contributed by atoms with E-state index in [1.54, 1.807) is 36.4 Å². The van der Waals surface area contributed by atoms with Gasteiger partial charge in [0.05, 0.1) is 6.10 Å². The van der Waals surface area contributed by atoms with Gasteiger partial charge >= 0.3 is 0 Å². The minimum atomic E-state index is -1.16. The molecule has 0 aromatic heterocycles. The van der Waals surface area contributed by atoms with Crippen molar-refractivity contribution in [2.45, 2.75) is 25.6 Å². The molecule has 132 valence electrons. The number of aliphatic hydroxyl groups is 2. The first kappa shape index (κ1) is 19.2. The lowest BCUT2D eigenvalue weighted by atomic mass is 9.95. The Morgan fingerprint density at radius 2 is 1.80 bits per heavy atom. The van der Waals surface area contributed by atoms with E-state index in [1.165, 1.54) is 13.0 Å². The van der Waals surface area contributed by atoms with Crippen molar-refractivity contribution in [2.24, 2.45) is 0 Å². The van der Waals surface area contributed by atoms with Gasteiger partial charge in [0, 0.05) is 29.5 Å². The van der Waals surface area contributed by atoms with Gasteiger partial charge in [0.2, 0.25) is 0 Å². The number of hydrogen-bond acceptors (Lipinski definition) is 6. The maximum absolute atomic E-state index is 12.6. The Morgan fingerprint density at radius 3 is 2.44 bits per heavy atom. The van der Waals surface area contributed by atoms with Crippen molar-refractivity contribution >= 4 is 28.3 Å². The molecule has 0 bridgehead atoms. The number of nitrogen functional groups attached to an aromatic ring is 1. The van der Waals surface area contributed by atoms with Crippen LogP contribution in [-0.4, -0.2) is 33.0 Å². The summed E-state index contributed by atoms with van der Waals surface area (Å²) in [6, 6.07) is 13.4. The second-order valence-electron chi connectivity index (χ2n) is 5.68. The molecule has 0 spiro atoms. The highest BCUT2D eigenvalue weighted by atomic mass is 32.2. The Balaban J connectivity index is 2.17. The molecule has 2 aromatic rings. The molecule has 0 radical (unpaired) electrons. The van der Waals surface area contributed by atoms with Crippen LogP contribution in [0.4, 0.5) is 5.69 Å². The largest absolute Gasteiger partial charge is 0.398 e. The highest BCUT2D eigenvalue weighted by Crippen LogP contribution is 2.25. The summed E-state index contributed by atoms with van der Waals surface area (Å²) in [5.74, 6) is 0.173.